The van der Waals surface area contributed by atoms with Gasteiger partial charge in [-0.15, -0.1) is 10.2 Å². The van der Waals surface area contributed by atoms with E-state index in [2.05, 4.69) is 20.8 Å². The van der Waals surface area contributed by atoms with Crippen molar-refractivity contribution in [2.24, 2.45) is 5.92 Å². The van der Waals surface area contributed by atoms with Gasteiger partial charge in [0.05, 0.1) is 0 Å². The highest BCUT2D eigenvalue weighted by Crippen LogP contribution is 2.16. The molecular weight excluding hydrogens is 240 g/mol. The Kier molecular flexibility index (Phi) is 4.27. The monoisotopic (exact) mass is 256 g/mol. The lowest BCUT2D eigenvalue weighted by Crippen LogP contribution is -2.26. The van der Waals surface area contributed by atoms with E-state index in [1.54, 1.807) is 7.05 Å². The van der Waals surface area contributed by atoms with Crippen LogP contribution in [0.15, 0.2) is 0 Å². The van der Waals surface area contributed by atoms with Gasteiger partial charge in [-0.2, -0.15) is 0 Å². The van der Waals surface area contributed by atoms with E-state index in [0.29, 0.717) is 22.6 Å². The molecule has 0 bridgehead atoms. The van der Waals surface area contributed by atoms with Crippen LogP contribution in [0.4, 0.5) is 5.13 Å². The van der Waals surface area contributed by atoms with Crippen LogP contribution in [0.2, 0.25) is 0 Å². The zero-order valence-electron chi connectivity index (χ0n) is 9.73. The Morgan fingerprint density at radius 3 is 3.12 bits per heavy atom. The molecule has 6 nitrogen and oxygen atoms in total. The molecule has 2 rings (SSSR count). The molecule has 1 amide bonds. The number of nitrogens with one attached hydrogen (secondary N) is 2. The van der Waals surface area contributed by atoms with Crippen LogP contribution in [-0.2, 0) is 4.74 Å². The van der Waals surface area contributed by atoms with Crippen LogP contribution in [0.3, 0.4) is 0 Å². The minimum atomic E-state index is -0.150. The van der Waals surface area contributed by atoms with E-state index in [9.17, 15) is 4.79 Å². The van der Waals surface area contributed by atoms with Gasteiger partial charge in [0.2, 0.25) is 10.1 Å². The molecule has 1 saturated heterocycles. The third kappa shape index (κ3) is 3.37. The maximum absolute atomic E-state index is 11.7. The van der Waals surface area contributed by atoms with E-state index < -0.39 is 0 Å². The Hall–Kier alpha value is -1.21. The van der Waals surface area contributed by atoms with E-state index in [1.807, 2.05) is 0 Å². The van der Waals surface area contributed by atoms with Gasteiger partial charge >= 0.3 is 0 Å². The Bertz CT molecular complexity index is 376. The first-order valence-electron chi connectivity index (χ1n) is 5.67. The maximum atomic E-state index is 11.7. The molecule has 0 radical (unpaired) electrons. The number of ether oxygens (including phenoxy) is 1. The minimum absolute atomic E-state index is 0.150. The Labute approximate surface area is 104 Å². The lowest BCUT2D eigenvalue weighted by Gasteiger charge is -2.07. The summed E-state index contributed by atoms with van der Waals surface area (Å²) in [6.45, 7) is 2.33. The van der Waals surface area contributed by atoms with E-state index >= 15 is 0 Å². The summed E-state index contributed by atoms with van der Waals surface area (Å²) in [5, 5.41) is 14.4. The second kappa shape index (κ2) is 5.92. The molecule has 94 valence electrons. The molecule has 1 fully saturated rings. The standard InChI is InChI=1S/C10H16N4O2S/c1-11-10-14-13-9(17-10)8(15)12-4-2-7-3-5-16-6-7/h7H,2-6H2,1H3,(H,11,14)(H,12,15). The molecule has 17 heavy (non-hydrogen) atoms. The minimum Gasteiger partial charge on any atom is -0.381 e. The van der Waals surface area contributed by atoms with Gasteiger partial charge in [-0.25, -0.2) is 0 Å². The molecule has 1 aromatic heterocycles. The quantitative estimate of drug-likeness (QED) is 0.812. The van der Waals surface area contributed by atoms with Crippen molar-refractivity contribution in [3.05, 3.63) is 5.01 Å². The molecule has 0 aromatic carbocycles. The van der Waals surface area contributed by atoms with Gasteiger partial charge in [-0.05, 0) is 18.8 Å². The van der Waals surface area contributed by atoms with Crippen molar-refractivity contribution in [2.45, 2.75) is 12.8 Å². The lowest BCUT2D eigenvalue weighted by atomic mass is 10.1. The van der Waals surface area contributed by atoms with E-state index in [4.69, 9.17) is 4.74 Å². The molecule has 1 atom stereocenters. The van der Waals surface area contributed by atoms with Gasteiger partial charge in [0.25, 0.3) is 5.91 Å². The third-order valence-corrected chi connectivity index (χ3v) is 3.63. The maximum Gasteiger partial charge on any atom is 0.282 e. The largest absolute Gasteiger partial charge is 0.381 e. The van der Waals surface area contributed by atoms with Crippen molar-refractivity contribution < 1.29 is 9.53 Å². The topological polar surface area (TPSA) is 76.1 Å². The van der Waals surface area contributed by atoms with E-state index in [0.717, 1.165) is 26.1 Å². The fourth-order valence-electron chi connectivity index (χ4n) is 1.69. The first kappa shape index (κ1) is 12.3. The molecule has 1 aliphatic heterocycles. The summed E-state index contributed by atoms with van der Waals surface area (Å²) in [4.78, 5) is 11.7. The summed E-state index contributed by atoms with van der Waals surface area (Å²) in [5.74, 6) is 0.431. The van der Waals surface area contributed by atoms with Crippen LogP contribution < -0.4 is 10.6 Å². The van der Waals surface area contributed by atoms with Crippen molar-refractivity contribution in [1.82, 2.24) is 15.5 Å². The highest BCUT2D eigenvalue weighted by molar-refractivity contribution is 7.17. The summed E-state index contributed by atoms with van der Waals surface area (Å²) in [5.41, 5.74) is 0. The molecule has 7 heteroatoms. The number of anilines is 1. The third-order valence-electron chi connectivity index (χ3n) is 2.70. The van der Waals surface area contributed by atoms with Gasteiger partial charge < -0.3 is 15.4 Å². The average Bonchev–Trinajstić information content (AvgIpc) is 2.99. The normalized spacial score (nSPS) is 19.2. The fraction of sp³-hybridized carbons (Fsp3) is 0.700. The summed E-state index contributed by atoms with van der Waals surface area (Å²) in [7, 11) is 1.75. The zero-order valence-corrected chi connectivity index (χ0v) is 10.5. The molecule has 1 aromatic rings. The number of aromatic nitrogens is 2. The predicted molar refractivity (Wildman–Crippen MR) is 65.3 cm³/mol. The van der Waals surface area contributed by atoms with Crippen molar-refractivity contribution in [1.29, 1.82) is 0 Å². The lowest BCUT2D eigenvalue weighted by molar-refractivity contribution is 0.0949. The molecule has 0 spiro atoms. The SMILES string of the molecule is CNc1nnc(C(=O)NCCC2CCOC2)s1. The molecule has 2 N–H and O–H groups in total. The van der Waals surface area contributed by atoms with Crippen LogP contribution in [0.25, 0.3) is 0 Å². The number of amides is 1. The molecule has 1 unspecified atom stereocenters. The summed E-state index contributed by atoms with van der Waals surface area (Å²) in [6, 6.07) is 0. The number of hydrogen-bond acceptors (Lipinski definition) is 6. The van der Waals surface area contributed by atoms with Crippen molar-refractivity contribution in [2.75, 3.05) is 32.1 Å². The van der Waals surface area contributed by atoms with Crippen molar-refractivity contribution >= 4 is 22.4 Å². The molecule has 2 heterocycles. The summed E-state index contributed by atoms with van der Waals surface area (Å²) < 4.78 is 5.28. The fourth-order valence-corrected chi connectivity index (χ4v) is 2.31. The highest BCUT2D eigenvalue weighted by Gasteiger charge is 2.16. The highest BCUT2D eigenvalue weighted by atomic mass is 32.1. The molecular formula is C10H16N4O2S. The van der Waals surface area contributed by atoms with Crippen LogP contribution in [0.1, 0.15) is 22.6 Å². The number of carbonyl (C=O) groups is 1. The van der Waals surface area contributed by atoms with Crippen LogP contribution in [-0.4, -0.2) is 42.9 Å². The van der Waals surface area contributed by atoms with Gasteiger partial charge in [0.1, 0.15) is 0 Å². The van der Waals surface area contributed by atoms with Crippen LogP contribution in [0.5, 0.6) is 0 Å². The number of rotatable bonds is 5. The Morgan fingerprint density at radius 2 is 2.47 bits per heavy atom. The molecule has 0 saturated carbocycles. The summed E-state index contributed by atoms with van der Waals surface area (Å²) >= 11 is 1.25. The van der Waals surface area contributed by atoms with Crippen molar-refractivity contribution in [3.63, 3.8) is 0 Å². The Morgan fingerprint density at radius 1 is 1.59 bits per heavy atom. The van der Waals surface area contributed by atoms with Gasteiger partial charge in [-0.1, -0.05) is 11.3 Å². The van der Waals surface area contributed by atoms with Crippen molar-refractivity contribution in [3.8, 4) is 0 Å². The first-order chi connectivity index (χ1) is 8.29. The van der Waals surface area contributed by atoms with E-state index in [-0.39, 0.29) is 5.91 Å². The van der Waals surface area contributed by atoms with Gasteiger partial charge in [0.15, 0.2) is 0 Å². The number of hydrogen-bond donors (Lipinski definition) is 2. The Balaban J connectivity index is 1.72. The summed E-state index contributed by atoms with van der Waals surface area (Å²) in [6.07, 6.45) is 2.06. The predicted octanol–water partition coefficient (Wildman–Crippen LogP) is 0.736. The second-order valence-electron chi connectivity index (χ2n) is 3.94. The van der Waals surface area contributed by atoms with Crippen LogP contribution in [0, 0.1) is 5.92 Å². The second-order valence-corrected chi connectivity index (χ2v) is 4.91. The zero-order chi connectivity index (χ0) is 12.1. The van der Waals surface area contributed by atoms with Crippen LogP contribution >= 0.6 is 11.3 Å². The molecule has 1 aliphatic rings. The average molecular weight is 256 g/mol. The van der Waals surface area contributed by atoms with Gasteiger partial charge in [-0.3, -0.25) is 4.79 Å². The molecule has 0 aliphatic carbocycles. The number of nitrogens with zero attached hydrogens (tertiary/aromatic N) is 2. The first-order valence-corrected chi connectivity index (χ1v) is 6.48. The smallest absolute Gasteiger partial charge is 0.282 e. The number of carbonyl (C=O) groups excluding carboxylic acids is 1. The van der Waals surface area contributed by atoms with E-state index in [1.165, 1.54) is 11.3 Å². The van der Waals surface area contributed by atoms with Gasteiger partial charge in [0, 0.05) is 26.8 Å².